The first-order valence-electron chi connectivity index (χ1n) is 3.81. The van der Waals surface area contributed by atoms with Gasteiger partial charge in [-0.3, -0.25) is 0 Å². The van der Waals surface area contributed by atoms with Crippen molar-refractivity contribution in [2.45, 2.75) is 6.04 Å². The van der Waals surface area contributed by atoms with Crippen LogP contribution in [0, 0.1) is 0 Å². The number of hydrogen-bond acceptors (Lipinski definition) is 3. The zero-order valence-corrected chi connectivity index (χ0v) is 9.95. The molecule has 13 heavy (non-hydrogen) atoms. The first-order chi connectivity index (χ1) is 6.29. The van der Waals surface area contributed by atoms with Crippen LogP contribution >= 0.6 is 38.6 Å². The summed E-state index contributed by atoms with van der Waals surface area (Å²) in [7, 11) is 0. The number of nitrogens with two attached hydrogens (primary N) is 1. The fourth-order valence-corrected chi connectivity index (χ4v) is 3.57. The molecule has 4 heteroatoms. The number of halogens is 1. The van der Waals surface area contributed by atoms with Gasteiger partial charge in [0.1, 0.15) is 0 Å². The van der Waals surface area contributed by atoms with Crippen molar-refractivity contribution in [3.05, 3.63) is 43.2 Å². The normalized spacial score (nSPS) is 13.1. The van der Waals surface area contributed by atoms with Gasteiger partial charge in [0.05, 0.1) is 6.04 Å². The van der Waals surface area contributed by atoms with Crippen molar-refractivity contribution in [1.29, 1.82) is 0 Å². The van der Waals surface area contributed by atoms with Gasteiger partial charge in [-0.05, 0) is 38.8 Å². The second kappa shape index (κ2) is 3.92. The maximum Gasteiger partial charge on any atom is 0.0751 e. The summed E-state index contributed by atoms with van der Waals surface area (Å²) < 4.78 is 1.11. The summed E-state index contributed by atoms with van der Waals surface area (Å²) in [6.07, 6.45) is 0. The van der Waals surface area contributed by atoms with E-state index < -0.39 is 0 Å². The molecule has 0 saturated heterocycles. The molecule has 0 fully saturated rings. The van der Waals surface area contributed by atoms with Crippen LogP contribution in [-0.2, 0) is 0 Å². The lowest BCUT2D eigenvalue weighted by Gasteiger charge is -2.07. The van der Waals surface area contributed by atoms with E-state index in [2.05, 4.69) is 27.4 Å². The molecule has 2 aromatic rings. The molecule has 0 amide bonds. The summed E-state index contributed by atoms with van der Waals surface area (Å²) >= 11 is 6.88. The SMILES string of the molecule is N[C@@H](c1cccs1)c1sccc1Br. The van der Waals surface area contributed by atoms with Crippen LogP contribution in [0.3, 0.4) is 0 Å². The third kappa shape index (κ3) is 1.86. The third-order valence-corrected chi connectivity index (χ3v) is 4.69. The van der Waals surface area contributed by atoms with Crippen molar-refractivity contribution >= 4 is 38.6 Å². The van der Waals surface area contributed by atoms with Crippen LogP contribution in [-0.4, -0.2) is 0 Å². The topological polar surface area (TPSA) is 26.0 Å². The molecular weight excluding hydrogens is 266 g/mol. The van der Waals surface area contributed by atoms with Gasteiger partial charge in [-0.25, -0.2) is 0 Å². The van der Waals surface area contributed by atoms with Crippen molar-refractivity contribution in [1.82, 2.24) is 0 Å². The first-order valence-corrected chi connectivity index (χ1v) is 6.36. The molecule has 0 aromatic carbocycles. The van der Waals surface area contributed by atoms with Gasteiger partial charge in [-0.15, -0.1) is 22.7 Å². The molecule has 2 rings (SSSR count). The van der Waals surface area contributed by atoms with Crippen LogP contribution in [0.5, 0.6) is 0 Å². The monoisotopic (exact) mass is 273 g/mol. The average Bonchev–Trinajstić information content (AvgIpc) is 2.72. The molecule has 2 aromatic heterocycles. The largest absolute Gasteiger partial charge is 0.319 e. The molecule has 0 bridgehead atoms. The van der Waals surface area contributed by atoms with Crippen molar-refractivity contribution in [2.75, 3.05) is 0 Å². The van der Waals surface area contributed by atoms with Gasteiger partial charge in [0, 0.05) is 14.2 Å². The van der Waals surface area contributed by atoms with Crippen LogP contribution in [0.1, 0.15) is 15.8 Å². The van der Waals surface area contributed by atoms with Gasteiger partial charge in [-0.2, -0.15) is 0 Å². The van der Waals surface area contributed by atoms with Crippen LogP contribution in [0.2, 0.25) is 0 Å². The zero-order valence-electron chi connectivity index (χ0n) is 6.74. The van der Waals surface area contributed by atoms with Crippen molar-refractivity contribution < 1.29 is 0 Å². The third-order valence-electron chi connectivity index (χ3n) is 1.78. The number of hydrogen-bond donors (Lipinski definition) is 1. The van der Waals surface area contributed by atoms with E-state index in [0.29, 0.717) is 0 Å². The smallest absolute Gasteiger partial charge is 0.0751 e. The molecule has 68 valence electrons. The summed E-state index contributed by atoms with van der Waals surface area (Å²) in [5, 5.41) is 4.10. The van der Waals surface area contributed by atoms with Gasteiger partial charge in [0.25, 0.3) is 0 Å². The summed E-state index contributed by atoms with van der Waals surface area (Å²) in [5.74, 6) is 0. The summed E-state index contributed by atoms with van der Waals surface area (Å²) in [5.41, 5.74) is 6.10. The molecule has 1 atom stereocenters. The van der Waals surface area contributed by atoms with Crippen LogP contribution in [0.25, 0.3) is 0 Å². The lowest BCUT2D eigenvalue weighted by atomic mass is 10.2. The summed E-state index contributed by atoms with van der Waals surface area (Å²) in [6, 6.07) is 6.16. The molecule has 0 aliphatic heterocycles. The predicted octanol–water partition coefficient (Wildman–Crippen LogP) is 3.62. The lowest BCUT2D eigenvalue weighted by molar-refractivity contribution is 0.912. The molecule has 2 N–H and O–H groups in total. The summed E-state index contributed by atoms with van der Waals surface area (Å²) in [6.45, 7) is 0. The minimum atomic E-state index is 0.0226. The van der Waals surface area contributed by atoms with Crippen molar-refractivity contribution in [3.8, 4) is 0 Å². The Hall–Kier alpha value is -0.160. The Morgan fingerprint density at radius 3 is 2.62 bits per heavy atom. The minimum Gasteiger partial charge on any atom is -0.319 e. The highest BCUT2D eigenvalue weighted by Crippen LogP contribution is 2.33. The Morgan fingerprint density at radius 1 is 1.23 bits per heavy atom. The highest BCUT2D eigenvalue weighted by atomic mass is 79.9. The molecule has 0 unspecified atom stereocenters. The molecule has 0 aliphatic carbocycles. The van der Waals surface area contributed by atoms with E-state index in [1.165, 1.54) is 9.75 Å². The molecular formula is C9H8BrNS2. The molecule has 1 nitrogen and oxygen atoms in total. The van der Waals surface area contributed by atoms with E-state index in [1.54, 1.807) is 22.7 Å². The van der Waals surface area contributed by atoms with Gasteiger partial charge in [0.15, 0.2) is 0 Å². The van der Waals surface area contributed by atoms with Crippen LogP contribution < -0.4 is 5.73 Å². The first kappa shape index (κ1) is 9.40. The van der Waals surface area contributed by atoms with Gasteiger partial charge >= 0.3 is 0 Å². The predicted molar refractivity (Wildman–Crippen MR) is 62.4 cm³/mol. The van der Waals surface area contributed by atoms with Crippen molar-refractivity contribution in [3.63, 3.8) is 0 Å². The Labute approximate surface area is 93.3 Å². The zero-order chi connectivity index (χ0) is 9.26. The Balaban J connectivity index is 2.33. The molecule has 0 spiro atoms. The average molecular weight is 274 g/mol. The standard InChI is InChI=1S/C9H8BrNS2/c10-6-3-5-13-9(6)8(11)7-2-1-4-12-7/h1-5,8H,11H2/t8-/m0/s1. The molecule has 0 radical (unpaired) electrons. The second-order valence-corrected chi connectivity index (χ2v) is 5.41. The van der Waals surface area contributed by atoms with Crippen LogP contribution in [0.4, 0.5) is 0 Å². The fraction of sp³-hybridized carbons (Fsp3) is 0.111. The quantitative estimate of drug-likeness (QED) is 0.889. The number of rotatable bonds is 2. The minimum absolute atomic E-state index is 0.0226. The molecule has 2 heterocycles. The van der Waals surface area contributed by atoms with Crippen LogP contribution in [0.15, 0.2) is 33.4 Å². The van der Waals surface area contributed by atoms with E-state index in [9.17, 15) is 0 Å². The van der Waals surface area contributed by atoms with E-state index in [1.807, 2.05) is 17.5 Å². The van der Waals surface area contributed by atoms with Gasteiger partial charge in [0.2, 0.25) is 0 Å². The number of thiophene rings is 2. The van der Waals surface area contributed by atoms with Crippen molar-refractivity contribution in [2.24, 2.45) is 5.73 Å². The Bertz CT molecular complexity index is 380. The highest BCUT2D eigenvalue weighted by molar-refractivity contribution is 9.10. The molecule has 0 saturated carbocycles. The second-order valence-electron chi connectivity index (χ2n) is 2.63. The maximum absolute atomic E-state index is 6.10. The molecule has 0 aliphatic rings. The van der Waals surface area contributed by atoms with E-state index in [0.717, 1.165) is 4.47 Å². The Kier molecular flexibility index (Phi) is 2.83. The summed E-state index contributed by atoms with van der Waals surface area (Å²) in [4.78, 5) is 2.41. The van der Waals surface area contributed by atoms with E-state index >= 15 is 0 Å². The van der Waals surface area contributed by atoms with Gasteiger partial charge in [-0.1, -0.05) is 6.07 Å². The van der Waals surface area contributed by atoms with Gasteiger partial charge < -0.3 is 5.73 Å². The highest BCUT2D eigenvalue weighted by Gasteiger charge is 2.13. The fourth-order valence-electron chi connectivity index (χ4n) is 1.12. The lowest BCUT2D eigenvalue weighted by Crippen LogP contribution is -2.08. The maximum atomic E-state index is 6.10. The Morgan fingerprint density at radius 2 is 2.08 bits per heavy atom. The van der Waals surface area contributed by atoms with E-state index in [4.69, 9.17) is 5.73 Å². The van der Waals surface area contributed by atoms with E-state index in [-0.39, 0.29) is 6.04 Å².